The summed E-state index contributed by atoms with van der Waals surface area (Å²) < 4.78 is 74.0. The Labute approximate surface area is 286 Å². The van der Waals surface area contributed by atoms with Gasteiger partial charge in [-0.1, -0.05) is 36.4 Å². The first-order valence-electron chi connectivity index (χ1n) is 16.5. The molecule has 17 heteroatoms. The molecule has 0 aromatic heterocycles. The molecule has 5 amide bonds. The molecule has 13 nitrogen and oxygen atoms in total. The highest BCUT2D eigenvalue weighted by Crippen LogP contribution is 2.45. The van der Waals surface area contributed by atoms with Crippen LogP contribution in [-0.2, 0) is 47.0 Å². The molecule has 5 aliphatic rings. The molecule has 3 heterocycles. The molecule has 3 aliphatic heterocycles. The summed E-state index contributed by atoms with van der Waals surface area (Å²) in [6, 6.07) is 1.98. The third-order valence-corrected chi connectivity index (χ3v) is 11.6. The summed E-state index contributed by atoms with van der Waals surface area (Å²) in [5.41, 5.74) is 0.932. The SMILES string of the molecule is C=C[C@H]1C[C@]1(NC(=O)[C@@H]1C[C@@H]2CN1C(=O)[C@H](CC(F)(F)F)NC(=O)CCC/C=C/c1cccc3c1CN(C3)C(=O)O2)C(=O)NS(=O)(=O)C1CC1. The molecule has 0 spiro atoms. The molecule has 0 radical (unpaired) electrons. The molecule has 270 valence electrons. The van der Waals surface area contributed by atoms with Crippen molar-refractivity contribution in [2.45, 2.75) is 99.6 Å². The maximum absolute atomic E-state index is 13.9. The normalized spacial score (nSPS) is 29.3. The molecule has 1 aromatic carbocycles. The summed E-state index contributed by atoms with van der Waals surface area (Å²) in [6.07, 6.45) is -2.49. The maximum Gasteiger partial charge on any atom is 0.410 e. The topological polar surface area (TPSA) is 171 Å². The lowest BCUT2D eigenvalue weighted by molar-refractivity contribution is -0.157. The highest BCUT2D eigenvalue weighted by atomic mass is 32.2. The van der Waals surface area contributed by atoms with Gasteiger partial charge in [-0.05, 0) is 48.8 Å². The van der Waals surface area contributed by atoms with Gasteiger partial charge in [0.15, 0.2) is 0 Å². The second kappa shape index (κ2) is 13.4. The summed E-state index contributed by atoms with van der Waals surface area (Å²) in [4.78, 5) is 69.5. The molecule has 0 unspecified atom stereocenters. The number of alkyl halides is 3. The van der Waals surface area contributed by atoms with Gasteiger partial charge >= 0.3 is 12.3 Å². The van der Waals surface area contributed by atoms with Crippen LogP contribution >= 0.6 is 0 Å². The summed E-state index contributed by atoms with van der Waals surface area (Å²) in [7, 11) is -4.00. The second-order valence-electron chi connectivity index (χ2n) is 13.5. The number of hydrogen-bond donors (Lipinski definition) is 3. The number of carbonyl (C=O) groups is 5. The van der Waals surface area contributed by atoms with E-state index in [2.05, 4.69) is 17.2 Å². The number of rotatable bonds is 7. The predicted molar refractivity (Wildman–Crippen MR) is 171 cm³/mol. The summed E-state index contributed by atoms with van der Waals surface area (Å²) >= 11 is 0. The summed E-state index contributed by atoms with van der Waals surface area (Å²) in [6.45, 7) is 3.62. The third-order valence-electron chi connectivity index (χ3n) is 9.78. The van der Waals surface area contributed by atoms with Crippen molar-refractivity contribution < 1.29 is 50.3 Å². The van der Waals surface area contributed by atoms with Crippen LogP contribution in [0.4, 0.5) is 18.0 Å². The zero-order chi connectivity index (χ0) is 36.0. The number of sulfonamides is 1. The van der Waals surface area contributed by atoms with Crippen molar-refractivity contribution in [2.24, 2.45) is 5.92 Å². The monoisotopic (exact) mass is 721 g/mol. The standard InChI is InChI=1S/C33H38F3N5O8S/c1-2-21-14-32(21,30(45)39-50(47,48)23-11-12-23)38-28(43)26-13-22-17-41(26)29(44)25(15-33(34,35)36)37-27(42)10-5-3-4-7-19-8-6-9-20-16-40(18-24(19)20)31(46)49-22/h2,4,6-9,21-23,25-26H,1,3,5,10-18H2,(H,37,42)(H,38,43)(H,39,45)/b7-4+/t21-,22+,25-,26-,32+/m0/s1. The average molecular weight is 722 g/mol. The van der Waals surface area contributed by atoms with Crippen molar-refractivity contribution in [3.05, 3.63) is 53.6 Å². The van der Waals surface area contributed by atoms with Crippen LogP contribution in [0.3, 0.4) is 0 Å². The number of allylic oxidation sites excluding steroid dienone is 1. The Morgan fingerprint density at radius 1 is 1.16 bits per heavy atom. The molecule has 3 fully saturated rings. The van der Waals surface area contributed by atoms with Gasteiger partial charge < -0.3 is 20.3 Å². The number of nitrogens with one attached hydrogen (secondary N) is 3. The first-order chi connectivity index (χ1) is 23.6. The van der Waals surface area contributed by atoms with E-state index in [-0.39, 0.29) is 38.8 Å². The van der Waals surface area contributed by atoms with Crippen LogP contribution in [0.25, 0.3) is 6.08 Å². The summed E-state index contributed by atoms with van der Waals surface area (Å²) in [5.74, 6) is -4.65. The first kappa shape index (κ1) is 35.4. The zero-order valence-electron chi connectivity index (χ0n) is 27.0. The third kappa shape index (κ3) is 7.51. The van der Waals surface area contributed by atoms with Crippen LogP contribution in [0.15, 0.2) is 36.9 Å². The number of carbonyl (C=O) groups excluding carboxylic acids is 5. The van der Waals surface area contributed by atoms with E-state index in [0.717, 1.165) is 21.6 Å². The van der Waals surface area contributed by atoms with Gasteiger partial charge in [0.25, 0.3) is 5.91 Å². The molecular formula is C33H38F3N5O8S. The minimum atomic E-state index is -4.88. The quantitative estimate of drug-likeness (QED) is 0.361. The minimum absolute atomic E-state index is 0.00748. The number of ether oxygens (including phenoxy) is 1. The molecular weight excluding hydrogens is 683 g/mol. The number of halogens is 3. The van der Waals surface area contributed by atoms with Crippen molar-refractivity contribution in [2.75, 3.05) is 6.54 Å². The van der Waals surface area contributed by atoms with E-state index in [9.17, 15) is 45.6 Å². The molecule has 2 saturated carbocycles. The fourth-order valence-electron chi connectivity index (χ4n) is 6.83. The Hall–Kier alpha value is -4.41. The van der Waals surface area contributed by atoms with E-state index in [0.29, 0.717) is 19.3 Å². The molecule has 1 aromatic rings. The number of nitrogens with zero attached hydrogens (tertiary/aromatic N) is 2. The highest BCUT2D eigenvalue weighted by molar-refractivity contribution is 7.91. The van der Waals surface area contributed by atoms with Crippen molar-refractivity contribution in [1.29, 1.82) is 0 Å². The van der Waals surface area contributed by atoms with Gasteiger partial charge in [-0.2, -0.15) is 13.2 Å². The van der Waals surface area contributed by atoms with Crippen molar-refractivity contribution >= 4 is 45.8 Å². The average Bonchev–Trinajstić information content (AvgIpc) is 3.93. The van der Waals surface area contributed by atoms with Crippen LogP contribution in [0.5, 0.6) is 0 Å². The lowest BCUT2D eigenvalue weighted by Gasteiger charge is -2.30. The maximum atomic E-state index is 13.9. The summed E-state index contributed by atoms with van der Waals surface area (Å²) in [5, 5.41) is 3.99. The van der Waals surface area contributed by atoms with E-state index in [4.69, 9.17) is 4.74 Å². The van der Waals surface area contributed by atoms with Gasteiger partial charge in [-0.25, -0.2) is 13.2 Å². The van der Waals surface area contributed by atoms with Gasteiger partial charge in [0, 0.05) is 25.3 Å². The van der Waals surface area contributed by atoms with Crippen LogP contribution in [0.2, 0.25) is 0 Å². The van der Waals surface area contributed by atoms with Crippen LogP contribution in [0.1, 0.15) is 68.1 Å². The Morgan fingerprint density at radius 3 is 2.60 bits per heavy atom. The highest BCUT2D eigenvalue weighted by Gasteiger charge is 2.62. The fourth-order valence-corrected chi connectivity index (χ4v) is 8.20. The largest absolute Gasteiger partial charge is 0.444 e. The van der Waals surface area contributed by atoms with Crippen molar-refractivity contribution in [3.63, 3.8) is 0 Å². The molecule has 5 atom stereocenters. The van der Waals surface area contributed by atoms with Crippen LogP contribution in [0, 0.1) is 5.92 Å². The van der Waals surface area contributed by atoms with Gasteiger partial charge in [-0.15, -0.1) is 6.58 Å². The van der Waals surface area contributed by atoms with E-state index in [1.807, 2.05) is 35.1 Å². The van der Waals surface area contributed by atoms with E-state index in [1.165, 1.54) is 11.0 Å². The number of hydrogen-bond acceptors (Lipinski definition) is 8. The van der Waals surface area contributed by atoms with Gasteiger partial charge in [-0.3, -0.25) is 28.8 Å². The molecule has 1 saturated heterocycles. The Kier molecular flexibility index (Phi) is 9.47. The second-order valence-corrected chi connectivity index (χ2v) is 15.5. The Morgan fingerprint density at radius 2 is 1.92 bits per heavy atom. The minimum Gasteiger partial charge on any atom is -0.444 e. The lowest BCUT2D eigenvalue weighted by atomic mass is 10.0. The van der Waals surface area contributed by atoms with E-state index in [1.54, 1.807) is 0 Å². The van der Waals surface area contributed by atoms with Crippen LogP contribution in [-0.4, -0.2) is 89.6 Å². The molecule has 2 aliphatic carbocycles. The number of amides is 5. The van der Waals surface area contributed by atoms with Crippen LogP contribution < -0.4 is 15.4 Å². The van der Waals surface area contributed by atoms with Gasteiger partial charge in [0.05, 0.1) is 24.8 Å². The van der Waals surface area contributed by atoms with E-state index >= 15 is 0 Å². The van der Waals surface area contributed by atoms with E-state index < -0.39 is 93.8 Å². The number of fused-ring (bicyclic) bond motifs is 3. The number of benzene rings is 1. The Bertz CT molecular complexity index is 1750. The van der Waals surface area contributed by atoms with Gasteiger partial charge in [0.2, 0.25) is 27.7 Å². The Balaban J connectivity index is 1.28. The fraction of sp³-hybridized carbons (Fsp3) is 0.545. The molecule has 4 bridgehead atoms. The van der Waals surface area contributed by atoms with Crippen molar-refractivity contribution in [3.8, 4) is 0 Å². The molecule has 3 N–H and O–H groups in total. The zero-order valence-corrected chi connectivity index (χ0v) is 27.9. The van der Waals surface area contributed by atoms with Crippen molar-refractivity contribution in [1.82, 2.24) is 25.2 Å². The van der Waals surface area contributed by atoms with Gasteiger partial charge in [0.1, 0.15) is 23.7 Å². The molecule has 6 rings (SSSR count). The predicted octanol–water partition coefficient (Wildman–Crippen LogP) is 2.41. The smallest absolute Gasteiger partial charge is 0.410 e. The lowest BCUT2D eigenvalue weighted by Crippen LogP contribution is -2.58. The molecule has 50 heavy (non-hydrogen) atoms. The first-order valence-corrected chi connectivity index (χ1v) is 18.0.